The van der Waals surface area contributed by atoms with E-state index in [1.165, 1.54) is 16.8 Å². The number of rotatable bonds is 5. The predicted octanol–water partition coefficient (Wildman–Crippen LogP) is 1.76. The minimum atomic E-state index is -0.347. The van der Waals surface area contributed by atoms with Crippen molar-refractivity contribution in [3.05, 3.63) is 57.5 Å². The molecule has 1 heterocycles. The number of nitrogens with one attached hydrogen (secondary N) is 1. The normalized spacial score (nSPS) is 10.5. The second-order valence-corrected chi connectivity index (χ2v) is 5.05. The topological polar surface area (TPSA) is 73.2 Å². The quantitative estimate of drug-likeness (QED) is 0.913. The molecular formula is C16H19N3O3. The van der Waals surface area contributed by atoms with E-state index in [9.17, 15) is 9.59 Å². The fraction of sp³-hybridized carbons (Fsp3) is 0.312. The first-order valence-corrected chi connectivity index (χ1v) is 6.97. The molecule has 1 amide bonds. The van der Waals surface area contributed by atoms with Gasteiger partial charge in [0.2, 0.25) is 0 Å². The van der Waals surface area contributed by atoms with Gasteiger partial charge in [-0.25, -0.2) is 4.68 Å². The van der Waals surface area contributed by atoms with Crippen molar-refractivity contribution < 1.29 is 9.53 Å². The zero-order valence-corrected chi connectivity index (χ0v) is 12.9. The maximum atomic E-state index is 12.3. The number of hydrogen-bond donors (Lipinski definition) is 1. The first-order chi connectivity index (χ1) is 10.5. The van der Waals surface area contributed by atoms with Crippen LogP contribution in [0.5, 0.6) is 0 Å². The highest BCUT2D eigenvalue weighted by molar-refractivity contribution is 6.03. The van der Waals surface area contributed by atoms with Gasteiger partial charge >= 0.3 is 0 Å². The third-order valence-electron chi connectivity index (χ3n) is 3.25. The number of hydrogen-bond acceptors (Lipinski definition) is 4. The number of aryl methyl sites for hydroxylation is 2. The molecule has 0 saturated carbocycles. The van der Waals surface area contributed by atoms with E-state index >= 15 is 0 Å². The molecule has 0 spiro atoms. The Labute approximate surface area is 128 Å². The van der Waals surface area contributed by atoms with Gasteiger partial charge in [0, 0.05) is 18.9 Å². The van der Waals surface area contributed by atoms with Gasteiger partial charge in [0.15, 0.2) is 0 Å². The van der Waals surface area contributed by atoms with Crippen LogP contribution in [0.25, 0.3) is 0 Å². The Hall–Kier alpha value is -2.47. The number of anilines is 1. The smallest absolute Gasteiger partial charge is 0.276 e. The number of benzene rings is 1. The van der Waals surface area contributed by atoms with Gasteiger partial charge in [0.25, 0.3) is 11.5 Å². The molecule has 0 fully saturated rings. The van der Waals surface area contributed by atoms with Crippen molar-refractivity contribution in [3.8, 4) is 0 Å². The van der Waals surface area contributed by atoms with Gasteiger partial charge in [-0.2, -0.15) is 5.10 Å². The number of amides is 1. The predicted molar refractivity (Wildman–Crippen MR) is 84.2 cm³/mol. The van der Waals surface area contributed by atoms with Crippen molar-refractivity contribution >= 4 is 11.6 Å². The lowest BCUT2D eigenvalue weighted by atomic mass is 10.1. The van der Waals surface area contributed by atoms with E-state index in [1.807, 2.05) is 32.0 Å². The Morgan fingerprint density at radius 1 is 1.27 bits per heavy atom. The van der Waals surface area contributed by atoms with Crippen molar-refractivity contribution in [1.29, 1.82) is 0 Å². The zero-order valence-electron chi connectivity index (χ0n) is 12.9. The molecule has 0 aliphatic heterocycles. The van der Waals surface area contributed by atoms with E-state index in [-0.39, 0.29) is 17.2 Å². The summed E-state index contributed by atoms with van der Waals surface area (Å²) >= 11 is 0. The number of ether oxygens (including phenoxy) is 1. The van der Waals surface area contributed by atoms with Crippen LogP contribution in [-0.4, -0.2) is 29.4 Å². The van der Waals surface area contributed by atoms with Crippen molar-refractivity contribution in [2.75, 3.05) is 19.0 Å². The zero-order chi connectivity index (χ0) is 16.1. The van der Waals surface area contributed by atoms with Crippen molar-refractivity contribution in [3.63, 3.8) is 0 Å². The average Bonchev–Trinajstić information content (AvgIpc) is 2.50. The van der Waals surface area contributed by atoms with Gasteiger partial charge in [-0.1, -0.05) is 12.1 Å². The largest absolute Gasteiger partial charge is 0.383 e. The molecule has 6 nitrogen and oxygen atoms in total. The van der Waals surface area contributed by atoms with Crippen molar-refractivity contribution in [2.45, 2.75) is 20.4 Å². The molecule has 22 heavy (non-hydrogen) atoms. The number of carbonyl (C=O) groups excluding carboxylic acids is 1. The molecule has 1 aromatic carbocycles. The summed E-state index contributed by atoms with van der Waals surface area (Å²) < 4.78 is 6.15. The second-order valence-electron chi connectivity index (χ2n) is 5.05. The van der Waals surface area contributed by atoms with Crippen LogP contribution in [0.4, 0.5) is 5.69 Å². The minimum absolute atomic E-state index is 0.191. The van der Waals surface area contributed by atoms with Crippen LogP contribution in [0.3, 0.4) is 0 Å². The summed E-state index contributed by atoms with van der Waals surface area (Å²) in [6.45, 7) is 4.54. The molecule has 0 aliphatic carbocycles. The summed E-state index contributed by atoms with van der Waals surface area (Å²) in [6.07, 6.45) is 0. The van der Waals surface area contributed by atoms with E-state index in [0.29, 0.717) is 13.2 Å². The third-order valence-corrected chi connectivity index (χ3v) is 3.25. The fourth-order valence-corrected chi connectivity index (χ4v) is 1.96. The van der Waals surface area contributed by atoms with Crippen molar-refractivity contribution in [2.24, 2.45) is 0 Å². The molecule has 2 rings (SSSR count). The Balaban J connectivity index is 2.22. The Morgan fingerprint density at radius 2 is 2.05 bits per heavy atom. The summed E-state index contributed by atoms with van der Waals surface area (Å²) in [7, 11) is 1.54. The van der Waals surface area contributed by atoms with E-state index in [0.717, 1.165) is 16.8 Å². The fourth-order valence-electron chi connectivity index (χ4n) is 1.96. The van der Waals surface area contributed by atoms with E-state index < -0.39 is 0 Å². The summed E-state index contributed by atoms with van der Waals surface area (Å²) in [4.78, 5) is 24.0. The molecule has 0 saturated heterocycles. The monoisotopic (exact) mass is 301 g/mol. The summed E-state index contributed by atoms with van der Waals surface area (Å²) in [6, 6.07) is 8.58. The van der Waals surface area contributed by atoms with E-state index in [4.69, 9.17) is 4.74 Å². The highest BCUT2D eigenvalue weighted by Gasteiger charge is 2.11. The van der Waals surface area contributed by atoms with Crippen LogP contribution in [-0.2, 0) is 11.3 Å². The van der Waals surface area contributed by atoms with Crippen LogP contribution >= 0.6 is 0 Å². The van der Waals surface area contributed by atoms with Gasteiger partial charge in [0.1, 0.15) is 5.69 Å². The summed E-state index contributed by atoms with van der Waals surface area (Å²) in [5, 5.41) is 6.89. The number of methoxy groups -OCH3 is 1. The van der Waals surface area contributed by atoms with Gasteiger partial charge in [0.05, 0.1) is 13.2 Å². The van der Waals surface area contributed by atoms with Crippen LogP contribution < -0.4 is 10.9 Å². The molecule has 1 aromatic heterocycles. The molecule has 0 unspecified atom stereocenters. The molecule has 6 heteroatoms. The lowest BCUT2D eigenvalue weighted by Crippen LogP contribution is -2.27. The van der Waals surface area contributed by atoms with Crippen LogP contribution in [0, 0.1) is 13.8 Å². The van der Waals surface area contributed by atoms with E-state index in [2.05, 4.69) is 10.4 Å². The number of aromatic nitrogens is 2. The van der Waals surface area contributed by atoms with Crippen LogP contribution in [0.1, 0.15) is 21.6 Å². The Morgan fingerprint density at radius 3 is 2.77 bits per heavy atom. The lowest BCUT2D eigenvalue weighted by molar-refractivity contribution is 0.101. The Kier molecular flexibility index (Phi) is 5.06. The molecule has 0 bridgehead atoms. The standard InChI is InChI=1S/C16H19N3O3/c1-11-4-5-12(2)14(10-11)17-16(21)13-6-7-15(20)19(18-13)8-9-22-3/h4-7,10H,8-9H2,1-3H3,(H,17,21). The summed E-state index contributed by atoms with van der Waals surface area (Å²) in [5.74, 6) is -0.347. The SMILES string of the molecule is COCCn1nc(C(=O)Nc2cc(C)ccc2C)ccc1=O. The van der Waals surface area contributed by atoms with Crippen LogP contribution in [0.15, 0.2) is 35.1 Å². The molecular weight excluding hydrogens is 282 g/mol. The molecule has 0 atom stereocenters. The van der Waals surface area contributed by atoms with Gasteiger partial charge in [-0.05, 0) is 37.1 Å². The molecule has 2 aromatic rings. The summed E-state index contributed by atoms with van der Waals surface area (Å²) in [5.41, 5.74) is 2.68. The average molecular weight is 301 g/mol. The molecule has 0 aliphatic rings. The van der Waals surface area contributed by atoms with Gasteiger partial charge in [-0.15, -0.1) is 0 Å². The van der Waals surface area contributed by atoms with Crippen LogP contribution in [0.2, 0.25) is 0 Å². The molecule has 0 radical (unpaired) electrons. The third kappa shape index (κ3) is 3.79. The number of carbonyl (C=O) groups is 1. The first-order valence-electron chi connectivity index (χ1n) is 6.97. The highest BCUT2D eigenvalue weighted by atomic mass is 16.5. The maximum Gasteiger partial charge on any atom is 0.276 e. The molecule has 1 N–H and O–H groups in total. The first kappa shape index (κ1) is 15.9. The molecule has 116 valence electrons. The minimum Gasteiger partial charge on any atom is -0.383 e. The Bertz CT molecular complexity index is 738. The van der Waals surface area contributed by atoms with Crippen molar-refractivity contribution in [1.82, 2.24) is 9.78 Å². The maximum absolute atomic E-state index is 12.3. The highest BCUT2D eigenvalue weighted by Crippen LogP contribution is 2.16. The van der Waals surface area contributed by atoms with Gasteiger partial charge in [-0.3, -0.25) is 9.59 Å². The number of nitrogens with zero attached hydrogens (tertiary/aromatic N) is 2. The lowest BCUT2D eigenvalue weighted by Gasteiger charge is -2.10. The van der Waals surface area contributed by atoms with E-state index in [1.54, 1.807) is 7.11 Å². The second kappa shape index (κ2) is 7.00. The van der Waals surface area contributed by atoms with Gasteiger partial charge < -0.3 is 10.1 Å².